The minimum Gasteiger partial charge on any atom is -0.455 e. The Kier molecular flexibility index (Phi) is 13.1. The van der Waals surface area contributed by atoms with Crippen molar-refractivity contribution in [3.63, 3.8) is 0 Å². The number of aliphatic hydroxyl groups excluding tert-OH is 1. The summed E-state index contributed by atoms with van der Waals surface area (Å²) in [5, 5.41) is 11.6. The molecule has 0 aliphatic carbocycles. The van der Waals surface area contributed by atoms with Gasteiger partial charge in [-0.1, -0.05) is 6.08 Å². The number of imidazole rings is 1. The van der Waals surface area contributed by atoms with Crippen molar-refractivity contribution in [1.82, 2.24) is 34.0 Å². The summed E-state index contributed by atoms with van der Waals surface area (Å²) in [5.74, 6) is -1.33. The Labute approximate surface area is 339 Å². The molecule has 7 heterocycles. The fraction of sp³-hybridized carbons (Fsp3) is 0.594. The number of esters is 1. The molecule has 0 saturated carbocycles. The van der Waals surface area contributed by atoms with Crippen LogP contribution in [0.25, 0.3) is 11.2 Å². The quantitative estimate of drug-likeness (QED) is 0.0538. The van der Waals surface area contributed by atoms with Gasteiger partial charge in [-0.15, -0.1) is 6.58 Å². The number of ether oxygens (including phenoxy) is 5. The molecule has 0 bridgehead atoms. The molecule has 2 unspecified atom stereocenters. The molecule has 4 aliphatic heterocycles. The van der Waals surface area contributed by atoms with Gasteiger partial charge in [-0.3, -0.25) is 27.5 Å². The number of allylic oxidation sites excluding steroid dienone is 1. The first kappa shape index (κ1) is 43.8. The predicted octanol–water partition coefficient (Wildman–Crippen LogP) is -0.985. The fourth-order valence-electron chi connectivity index (χ4n) is 7.11. The second-order valence-electron chi connectivity index (χ2n) is 14.0. The van der Waals surface area contributed by atoms with Crippen LogP contribution in [-0.4, -0.2) is 141 Å². The van der Waals surface area contributed by atoms with Crippen molar-refractivity contribution in [2.45, 2.75) is 93.5 Å². The Bertz CT molecular complexity index is 2220. The predicted molar refractivity (Wildman–Crippen MR) is 198 cm³/mol. The molecule has 3 aromatic heterocycles. The number of rotatable bonds is 17. The molecular weight excluding hydrogens is 844 g/mol. The number of nitrogens with zero attached hydrogens (tertiary/aromatic N) is 7. The van der Waals surface area contributed by atoms with Crippen LogP contribution in [0, 0.1) is 0 Å². The van der Waals surface area contributed by atoms with E-state index in [9.17, 15) is 43.3 Å². The molecule has 11 atom stereocenters. The topological polar surface area (TPSA) is 357 Å². The van der Waals surface area contributed by atoms with E-state index in [2.05, 4.69) is 31.0 Å². The number of likely N-dealkylation sites (tertiary alicyclic amines) is 1. The van der Waals surface area contributed by atoms with Crippen molar-refractivity contribution in [2.24, 2.45) is 0 Å². The van der Waals surface area contributed by atoms with E-state index in [1.165, 1.54) is 28.1 Å². The average molecular weight is 888 g/mol. The molecule has 3 aromatic rings. The number of nitrogens with two attached hydrogens (primary N) is 2. The Balaban J connectivity index is 1.14. The normalized spacial score (nSPS) is 30.3. The molecule has 26 nitrogen and oxygen atoms in total. The van der Waals surface area contributed by atoms with Gasteiger partial charge >= 0.3 is 27.3 Å². The molecule has 60 heavy (non-hydrogen) atoms. The molecule has 7 rings (SSSR count). The van der Waals surface area contributed by atoms with Gasteiger partial charge in [-0.25, -0.2) is 33.7 Å². The Morgan fingerprint density at radius 3 is 2.43 bits per heavy atom. The standard InChI is InChI=1S/C32H43N9O17P2/c1-2-3-5-20(42)39-9-7-16(39)31(44)57-24-17(54-29(23(24)43)41-15-37-22-27(34)35-14-36-28(22)41)13-53-60(49,50)58-25-18(12-52-59(46,47)48)55-30(26(25)56-21-6-4-11-51-21)40-10-8-19(33)38-32(40)45/h2,8,10,14-18,21,23-26,29-30,43H,1,3-7,9,11-13H2,(H,49,50)(H2,33,38,45)(H2,34,35,36)(H2,46,47,48)/t16-,17+,18+,21?,23+,24+,25+,26+,29+,30+/m0/s1. The maximum absolute atomic E-state index is 13.9. The maximum atomic E-state index is 13.9. The lowest BCUT2D eigenvalue weighted by Crippen LogP contribution is -2.57. The number of anilines is 2. The number of carbonyl (C=O) groups is 2. The third-order valence-electron chi connectivity index (χ3n) is 10.1. The molecule has 4 saturated heterocycles. The summed E-state index contributed by atoms with van der Waals surface area (Å²) in [6.45, 7) is 2.35. The first-order valence-corrected chi connectivity index (χ1v) is 21.6. The van der Waals surface area contributed by atoms with Gasteiger partial charge in [0, 0.05) is 32.2 Å². The second kappa shape index (κ2) is 18.0. The largest absolute Gasteiger partial charge is 0.472 e. The summed E-state index contributed by atoms with van der Waals surface area (Å²) in [7, 11) is -10.5. The Morgan fingerprint density at radius 1 is 1.00 bits per heavy atom. The number of carbonyl (C=O) groups excluding carboxylic acids is 2. The molecule has 0 radical (unpaired) electrons. The number of hydrogen-bond donors (Lipinski definition) is 6. The van der Waals surface area contributed by atoms with E-state index >= 15 is 0 Å². The smallest absolute Gasteiger partial charge is 0.455 e. The van der Waals surface area contributed by atoms with E-state index in [0.717, 1.165) is 10.9 Å². The van der Waals surface area contributed by atoms with Gasteiger partial charge in [0.15, 0.2) is 36.3 Å². The van der Waals surface area contributed by atoms with Gasteiger partial charge in [0.05, 0.1) is 19.5 Å². The lowest BCUT2D eigenvalue weighted by Gasteiger charge is -2.39. The summed E-state index contributed by atoms with van der Waals surface area (Å²) in [6.07, 6.45) is -6.62. The van der Waals surface area contributed by atoms with Gasteiger partial charge in [-0.2, -0.15) is 4.98 Å². The van der Waals surface area contributed by atoms with E-state index in [4.69, 9.17) is 44.2 Å². The van der Waals surface area contributed by atoms with Crippen LogP contribution < -0.4 is 17.2 Å². The van der Waals surface area contributed by atoms with Crippen LogP contribution >= 0.6 is 15.6 Å². The molecule has 28 heteroatoms. The van der Waals surface area contributed by atoms with E-state index in [-0.39, 0.29) is 48.1 Å². The van der Waals surface area contributed by atoms with Crippen LogP contribution in [0.2, 0.25) is 0 Å². The molecule has 4 aliphatic rings. The Hall–Kier alpha value is -4.27. The van der Waals surface area contributed by atoms with Gasteiger partial charge < -0.3 is 59.8 Å². The van der Waals surface area contributed by atoms with Crippen molar-refractivity contribution in [3.05, 3.63) is 48.1 Å². The van der Waals surface area contributed by atoms with Gasteiger partial charge in [0.2, 0.25) is 5.91 Å². The number of amides is 1. The van der Waals surface area contributed by atoms with Gasteiger partial charge in [0.1, 0.15) is 54.2 Å². The zero-order chi connectivity index (χ0) is 42.9. The molecule has 1 amide bonds. The number of aliphatic hydroxyl groups is 1. The minimum atomic E-state index is -5.36. The van der Waals surface area contributed by atoms with Crippen LogP contribution in [0.5, 0.6) is 0 Å². The first-order chi connectivity index (χ1) is 28.5. The van der Waals surface area contributed by atoms with Crippen LogP contribution in [0.1, 0.15) is 44.6 Å². The van der Waals surface area contributed by atoms with E-state index in [1.807, 2.05) is 0 Å². The number of hydrogen-bond acceptors (Lipinski definition) is 20. The maximum Gasteiger partial charge on any atom is 0.472 e. The number of phosphoric acid groups is 2. The molecular formula is C32H43N9O17P2. The van der Waals surface area contributed by atoms with Crippen LogP contribution in [0.3, 0.4) is 0 Å². The highest BCUT2D eigenvalue weighted by Crippen LogP contribution is 2.51. The summed E-state index contributed by atoms with van der Waals surface area (Å²) < 4.78 is 72.8. The number of fused-ring (bicyclic) bond motifs is 1. The summed E-state index contributed by atoms with van der Waals surface area (Å²) >= 11 is 0. The number of nitrogen functional groups attached to an aromatic ring is 2. The molecule has 4 fully saturated rings. The summed E-state index contributed by atoms with van der Waals surface area (Å²) in [6, 6.07) is 0.268. The minimum absolute atomic E-state index is 0.0144. The van der Waals surface area contributed by atoms with Crippen molar-refractivity contribution in [3.8, 4) is 0 Å². The third-order valence-corrected chi connectivity index (χ3v) is 11.5. The van der Waals surface area contributed by atoms with Crippen molar-refractivity contribution >= 4 is 50.3 Å². The molecule has 0 spiro atoms. The lowest BCUT2D eigenvalue weighted by molar-refractivity contribution is -0.182. The van der Waals surface area contributed by atoms with Crippen LogP contribution in [0.4, 0.5) is 11.6 Å². The Morgan fingerprint density at radius 2 is 1.75 bits per heavy atom. The fourth-order valence-corrected chi connectivity index (χ4v) is 8.41. The average Bonchev–Trinajstić information content (AvgIpc) is 3.97. The summed E-state index contributed by atoms with van der Waals surface area (Å²) in [5.41, 5.74) is 11.0. The van der Waals surface area contributed by atoms with E-state index in [1.54, 1.807) is 6.08 Å². The highest BCUT2D eigenvalue weighted by molar-refractivity contribution is 7.47. The van der Waals surface area contributed by atoms with E-state index in [0.29, 0.717) is 25.9 Å². The van der Waals surface area contributed by atoms with Crippen LogP contribution in [0.15, 0.2) is 42.4 Å². The third kappa shape index (κ3) is 9.60. The van der Waals surface area contributed by atoms with Crippen molar-refractivity contribution in [1.29, 1.82) is 0 Å². The lowest BCUT2D eigenvalue weighted by atomic mass is 10.0. The van der Waals surface area contributed by atoms with Gasteiger partial charge in [0.25, 0.3) is 0 Å². The molecule has 8 N–H and O–H groups in total. The highest BCUT2D eigenvalue weighted by Gasteiger charge is 2.54. The van der Waals surface area contributed by atoms with Crippen molar-refractivity contribution in [2.75, 3.05) is 37.8 Å². The molecule has 0 aromatic carbocycles. The zero-order valence-corrected chi connectivity index (χ0v) is 33.3. The number of phosphoric ester groups is 2. The first-order valence-electron chi connectivity index (χ1n) is 18.5. The highest BCUT2D eigenvalue weighted by atomic mass is 31.2. The second-order valence-corrected chi connectivity index (χ2v) is 16.7. The van der Waals surface area contributed by atoms with Crippen molar-refractivity contribution < 1.29 is 75.8 Å². The number of aromatic nitrogens is 6. The summed E-state index contributed by atoms with van der Waals surface area (Å²) in [4.78, 5) is 86.6. The molecule has 328 valence electrons. The SMILES string of the molecule is C=CCCC(=O)N1CC[C@H]1C(=O)O[C@H]1[C@@H](O)[C@H](n2cnc3c(N)ncnc32)O[C@@H]1COP(=O)(O)O[C@H]1[C@@H](OC2CCCO2)[C@H](n2ccc(N)nc2=O)O[C@@H]1COP(=O)(O)O. The van der Waals surface area contributed by atoms with Crippen LogP contribution in [-0.2, 0) is 56.0 Å². The van der Waals surface area contributed by atoms with E-state index < -0.39 is 102 Å². The zero-order valence-electron chi connectivity index (χ0n) is 31.5. The monoisotopic (exact) mass is 887 g/mol. The van der Waals surface area contributed by atoms with Gasteiger partial charge in [-0.05, 0) is 25.3 Å².